The zero-order chi connectivity index (χ0) is 21.3. The first-order valence-corrected chi connectivity index (χ1v) is 10.3. The highest BCUT2D eigenvalue weighted by Crippen LogP contribution is 2.42. The lowest BCUT2D eigenvalue weighted by Gasteiger charge is -2.22. The van der Waals surface area contributed by atoms with Crippen molar-refractivity contribution in [1.82, 2.24) is 10.3 Å². The topological polar surface area (TPSA) is 63.2 Å². The molecule has 1 atom stereocenters. The molecule has 1 saturated heterocycles. The van der Waals surface area contributed by atoms with Gasteiger partial charge in [0.25, 0.3) is 5.91 Å². The number of carbonyl (C=O) groups excluding carboxylic acids is 1. The molecule has 1 saturated carbocycles. The van der Waals surface area contributed by atoms with Gasteiger partial charge in [-0.25, -0.2) is 13.8 Å². The van der Waals surface area contributed by atoms with Crippen LogP contribution < -0.4 is 10.6 Å². The first kappa shape index (κ1) is 22.0. The van der Waals surface area contributed by atoms with Crippen molar-refractivity contribution in [2.75, 3.05) is 31.7 Å². The first-order chi connectivity index (χ1) is 14.6. The lowest BCUT2D eigenvalue weighted by atomic mass is 10.00. The number of allylic oxidation sites excluding steroid dienone is 4. The van der Waals surface area contributed by atoms with E-state index in [-0.39, 0.29) is 11.6 Å². The Labute approximate surface area is 176 Å². The van der Waals surface area contributed by atoms with E-state index in [9.17, 15) is 13.6 Å². The Hall–Kier alpha value is -2.72. The van der Waals surface area contributed by atoms with Gasteiger partial charge in [-0.15, -0.1) is 6.42 Å². The van der Waals surface area contributed by atoms with Crippen molar-refractivity contribution in [3.63, 3.8) is 0 Å². The maximum atomic E-state index is 13.3. The van der Waals surface area contributed by atoms with Gasteiger partial charge in [0.05, 0.1) is 5.56 Å². The molecule has 1 unspecified atom stereocenters. The third kappa shape index (κ3) is 6.39. The molecule has 0 bridgehead atoms. The number of nitrogens with one attached hydrogen (secondary N) is 2. The molecule has 160 valence electrons. The van der Waals surface area contributed by atoms with Crippen molar-refractivity contribution in [1.29, 1.82) is 0 Å². The van der Waals surface area contributed by atoms with Gasteiger partial charge < -0.3 is 15.4 Å². The summed E-state index contributed by atoms with van der Waals surface area (Å²) in [5.74, 6) is 3.00. The number of ether oxygens (including phenoxy) is 1. The molecule has 2 heterocycles. The Kier molecular flexibility index (Phi) is 7.97. The Morgan fingerprint density at radius 3 is 2.80 bits per heavy atom. The molecule has 1 aromatic heterocycles. The number of amides is 1. The van der Waals surface area contributed by atoms with E-state index in [4.69, 9.17) is 11.2 Å². The molecule has 1 aliphatic heterocycles. The van der Waals surface area contributed by atoms with Crippen molar-refractivity contribution in [2.45, 2.75) is 37.8 Å². The predicted octanol–water partition coefficient (Wildman–Crippen LogP) is 3.91. The molecule has 0 radical (unpaired) electrons. The Bertz CT molecular complexity index is 837. The van der Waals surface area contributed by atoms with Crippen molar-refractivity contribution < 1.29 is 18.3 Å². The van der Waals surface area contributed by atoms with Gasteiger partial charge in [-0.05, 0) is 61.3 Å². The van der Waals surface area contributed by atoms with Crippen LogP contribution in [0.5, 0.6) is 0 Å². The summed E-state index contributed by atoms with van der Waals surface area (Å²) in [4.78, 5) is 17.0. The number of nitrogens with zero attached hydrogens (tertiary/aromatic N) is 1. The van der Waals surface area contributed by atoms with E-state index in [1.807, 2.05) is 5.92 Å². The molecule has 1 aliphatic carbocycles. The standard InChI is InChI=1S/C23H27F2N3O2/c1-2-18(25)4-3-5-19(13-24)28-22-12-20(17-6-7-17)21(15-26-22)23(29)27-14-16-8-10-30-11-9-16/h1,3-5,12,15-18H,6-11,13-14H2,(H,26,28)(H,27,29)/b4-3-,19-5+. The number of terminal acetylenes is 1. The number of pyridine rings is 1. The maximum Gasteiger partial charge on any atom is 0.253 e. The number of alkyl halides is 2. The second kappa shape index (κ2) is 10.9. The van der Waals surface area contributed by atoms with Crippen LogP contribution in [0.1, 0.15) is 47.5 Å². The fraction of sp³-hybridized carbons (Fsp3) is 0.478. The minimum absolute atomic E-state index is 0.130. The zero-order valence-electron chi connectivity index (χ0n) is 16.9. The molecule has 30 heavy (non-hydrogen) atoms. The van der Waals surface area contributed by atoms with Crippen LogP contribution in [0.15, 0.2) is 36.2 Å². The normalized spacial score (nSPS) is 18.8. The predicted molar refractivity (Wildman–Crippen MR) is 113 cm³/mol. The number of hydrogen-bond acceptors (Lipinski definition) is 4. The average Bonchev–Trinajstić information content (AvgIpc) is 3.62. The number of halogens is 2. The van der Waals surface area contributed by atoms with Gasteiger partial charge in [0.1, 0.15) is 12.5 Å². The van der Waals surface area contributed by atoms with Crippen molar-refractivity contribution in [3.05, 3.63) is 47.3 Å². The molecule has 2 aliphatic rings. The number of rotatable bonds is 9. The van der Waals surface area contributed by atoms with E-state index >= 15 is 0 Å². The van der Waals surface area contributed by atoms with Crippen LogP contribution in [0.2, 0.25) is 0 Å². The van der Waals surface area contributed by atoms with Gasteiger partial charge in [-0.3, -0.25) is 4.79 Å². The van der Waals surface area contributed by atoms with E-state index in [0.717, 1.165) is 50.5 Å². The van der Waals surface area contributed by atoms with Crippen LogP contribution in [0.25, 0.3) is 0 Å². The van der Waals surface area contributed by atoms with Gasteiger partial charge in [0.15, 0.2) is 6.17 Å². The average molecular weight is 415 g/mol. The molecule has 0 spiro atoms. The Morgan fingerprint density at radius 1 is 1.37 bits per heavy atom. The van der Waals surface area contributed by atoms with Crippen LogP contribution in [0.3, 0.4) is 0 Å². The molecule has 1 amide bonds. The highest BCUT2D eigenvalue weighted by Gasteiger charge is 2.29. The maximum absolute atomic E-state index is 13.3. The van der Waals surface area contributed by atoms with Gasteiger partial charge in [-0.2, -0.15) is 0 Å². The van der Waals surface area contributed by atoms with E-state index in [0.29, 0.717) is 29.8 Å². The molecular weight excluding hydrogens is 388 g/mol. The SMILES string of the molecule is C#CC(F)/C=C\C=C(/CF)Nc1cc(C2CC2)c(C(=O)NCC2CCOCC2)cn1. The molecule has 3 rings (SSSR count). The van der Waals surface area contributed by atoms with Crippen molar-refractivity contribution in [2.24, 2.45) is 5.92 Å². The largest absolute Gasteiger partial charge is 0.381 e. The first-order valence-electron chi connectivity index (χ1n) is 10.3. The van der Waals surface area contributed by atoms with Crippen molar-refractivity contribution >= 4 is 11.7 Å². The van der Waals surface area contributed by atoms with Gasteiger partial charge in [0.2, 0.25) is 0 Å². The van der Waals surface area contributed by atoms with Crippen LogP contribution >= 0.6 is 0 Å². The lowest BCUT2D eigenvalue weighted by molar-refractivity contribution is 0.0642. The highest BCUT2D eigenvalue weighted by atomic mass is 19.1. The number of anilines is 1. The summed E-state index contributed by atoms with van der Waals surface area (Å²) in [6, 6.07) is 1.80. The Balaban J connectivity index is 1.67. The monoisotopic (exact) mass is 415 g/mol. The minimum atomic E-state index is -1.51. The lowest BCUT2D eigenvalue weighted by Crippen LogP contribution is -2.32. The minimum Gasteiger partial charge on any atom is -0.381 e. The summed E-state index contributed by atoms with van der Waals surface area (Å²) in [6.45, 7) is 1.33. The van der Waals surface area contributed by atoms with E-state index < -0.39 is 12.8 Å². The molecule has 1 aromatic rings. The molecule has 7 heteroatoms. The van der Waals surface area contributed by atoms with Crippen molar-refractivity contribution in [3.8, 4) is 12.3 Å². The van der Waals surface area contributed by atoms with Crippen LogP contribution in [0.4, 0.5) is 14.6 Å². The van der Waals surface area contributed by atoms with E-state index in [1.165, 1.54) is 18.3 Å². The summed E-state index contributed by atoms with van der Waals surface area (Å²) in [7, 11) is 0. The van der Waals surface area contributed by atoms with Gasteiger partial charge in [0, 0.05) is 31.7 Å². The van der Waals surface area contributed by atoms with E-state index in [2.05, 4.69) is 15.6 Å². The molecule has 0 aromatic carbocycles. The summed E-state index contributed by atoms with van der Waals surface area (Å²) in [5.41, 5.74) is 1.71. The fourth-order valence-electron chi connectivity index (χ4n) is 3.35. The summed E-state index contributed by atoms with van der Waals surface area (Å²) in [6.07, 6.45) is 12.9. The number of carbonyl (C=O) groups is 1. The fourth-order valence-corrected chi connectivity index (χ4v) is 3.35. The summed E-state index contributed by atoms with van der Waals surface area (Å²) < 4.78 is 31.7. The zero-order valence-corrected chi connectivity index (χ0v) is 16.9. The smallest absolute Gasteiger partial charge is 0.253 e. The molecule has 2 fully saturated rings. The van der Waals surface area contributed by atoms with Crippen LogP contribution in [-0.2, 0) is 4.74 Å². The van der Waals surface area contributed by atoms with Crippen LogP contribution in [0, 0.1) is 18.3 Å². The van der Waals surface area contributed by atoms with E-state index in [1.54, 1.807) is 6.07 Å². The number of aromatic nitrogens is 1. The molecule has 2 N–H and O–H groups in total. The Morgan fingerprint density at radius 2 is 2.13 bits per heavy atom. The second-order valence-corrected chi connectivity index (χ2v) is 7.60. The van der Waals surface area contributed by atoms with Gasteiger partial charge in [-0.1, -0.05) is 12.0 Å². The second-order valence-electron chi connectivity index (χ2n) is 7.60. The third-order valence-electron chi connectivity index (χ3n) is 5.26. The molecular formula is C23H27F2N3O2. The summed E-state index contributed by atoms with van der Waals surface area (Å²) in [5, 5.41) is 5.92. The summed E-state index contributed by atoms with van der Waals surface area (Å²) >= 11 is 0. The highest BCUT2D eigenvalue weighted by molar-refractivity contribution is 5.96. The van der Waals surface area contributed by atoms with Crippen LogP contribution in [-0.4, -0.2) is 43.5 Å². The molecule has 5 nitrogen and oxygen atoms in total. The third-order valence-corrected chi connectivity index (χ3v) is 5.26. The van der Waals surface area contributed by atoms with Gasteiger partial charge >= 0.3 is 0 Å². The quantitative estimate of drug-likeness (QED) is 0.474. The number of hydrogen-bond donors (Lipinski definition) is 2.